The molecule has 2 bridgehead atoms. The van der Waals surface area contributed by atoms with Gasteiger partial charge in [-0.05, 0) is 39.9 Å². The third-order valence-electron chi connectivity index (χ3n) is 5.64. The van der Waals surface area contributed by atoms with Gasteiger partial charge in [0.15, 0.2) is 0 Å². The molecule has 1 saturated heterocycles. The fourth-order valence-electron chi connectivity index (χ4n) is 4.31. The summed E-state index contributed by atoms with van der Waals surface area (Å²) in [6, 6.07) is 12.0. The molecular weight excluding hydrogens is 371 g/mol. The Bertz CT molecular complexity index is 1130. The number of Topliss-reactive ketones (excluding diaryl/α,β-unsaturated/α-hetero) is 1. The Balaban J connectivity index is 1.87. The van der Waals surface area contributed by atoms with Gasteiger partial charge in [0.1, 0.15) is 6.23 Å². The van der Waals surface area contributed by atoms with Crippen LogP contribution in [0.2, 0.25) is 0 Å². The van der Waals surface area contributed by atoms with E-state index >= 15 is 0 Å². The summed E-state index contributed by atoms with van der Waals surface area (Å²) in [6.45, 7) is 0.0973. The molecule has 0 aromatic heterocycles. The zero-order valence-electron chi connectivity index (χ0n) is 14.6. The van der Waals surface area contributed by atoms with Crippen molar-refractivity contribution in [3.8, 4) is 0 Å². The fourth-order valence-corrected chi connectivity index (χ4v) is 4.31. The van der Waals surface area contributed by atoms with E-state index in [2.05, 4.69) is 5.32 Å². The van der Waals surface area contributed by atoms with E-state index in [1.54, 1.807) is 24.3 Å². The lowest BCUT2D eigenvalue weighted by atomic mass is 9.80. The van der Waals surface area contributed by atoms with Crippen molar-refractivity contribution in [2.24, 2.45) is 0 Å². The van der Waals surface area contributed by atoms with Gasteiger partial charge in [-0.2, -0.15) is 13.2 Å². The lowest BCUT2D eigenvalue weighted by Gasteiger charge is -2.41. The molecule has 0 spiro atoms. The maximum absolute atomic E-state index is 13.3. The highest BCUT2D eigenvalue weighted by Gasteiger charge is 2.43. The van der Waals surface area contributed by atoms with Crippen LogP contribution < -0.4 is 5.32 Å². The summed E-state index contributed by atoms with van der Waals surface area (Å²) < 4.78 is 45.5. The minimum Gasteiger partial charge on any atom is -0.390 e. The summed E-state index contributed by atoms with van der Waals surface area (Å²) in [6.07, 6.45) is -5.69. The standard InChI is InChI=1S/C21H16F3NO3/c22-21(23,24)20(27)16-7-15-13-8-18(28-9-17(13)26)25-19(15)14-6-11-4-2-1-3-10(11)5-12(14)16/h1-7,13,17-18,25-26H,8-9H2/t13-,17+,18+/m1/s1. The van der Waals surface area contributed by atoms with E-state index in [0.717, 1.165) is 10.8 Å². The summed E-state index contributed by atoms with van der Waals surface area (Å²) in [5.74, 6) is -2.26. The molecule has 2 aliphatic heterocycles. The number of aliphatic hydroxyl groups is 1. The quantitative estimate of drug-likeness (QED) is 0.481. The molecule has 2 aliphatic rings. The second-order valence-electron chi connectivity index (χ2n) is 7.34. The third kappa shape index (κ3) is 2.57. The van der Waals surface area contributed by atoms with Crippen LogP contribution in [0.4, 0.5) is 18.9 Å². The summed E-state index contributed by atoms with van der Waals surface area (Å²) >= 11 is 0. The fraction of sp³-hybridized carbons (Fsp3) is 0.286. The van der Waals surface area contributed by atoms with E-state index in [0.29, 0.717) is 23.1 Å². The molecule has 3 aromatic carbocycles. The zero-order valence-corrected chi connectivity index (χ0v) is 14.6. The van der Waals surface area contributed by atoms with Crippen molar-refractivity contribution in [1.82, 2.24) is 0 Å². The predicted molar refractivity (Wildman–Crippen MR) is 98.6 cm³/mol. The molecule has 4 nitrogen and oxygen atoms in total. The number of halogens is 3. The van der Waals surface area contributed by atoms with Crippen molar-refractivity contribution in [1.29, 1.82) is 0 Å². The van der Waals surface area contributed by atoms with Crippen molar-refractivity contribution >= 4 is 33.0 Å². The number of benzene rings is 3. The molecule has 0 aliphatic carbocycles. The lowest BCUT2D eigenvalue weighted by molar-refractivity contribution is -0.0884. The van der Waals surface area contributed by atoms with Crippen LogP contribution in [-0.2, 0) is 4.74 Å². The van der Waals surface area contributed by atoms with E-state index in [1.165, 1.54) is 6.07 Å². The molecule has 2 heterocycles. The van der Waals surface area contributed by atoms with Crippen molar-refractivity contribution in [2.45, 2.75) is 30.8 Å². The van der Waals surface area contributed by atoms with Crippen LogP contribution in [0.3, 0.4) is 0 Å². The maximum atomic E-state index is 13.3. The first-order chi connectivity index (χ1) is 13.3. The summed E-state index contributed by atoms with van der Waals surface area (Å²) in [5.41, 5.74) is 0.771. The Labute approximate surface area is 157 Å². The molecule has 28 heavy (non-hydrogen) atoms. The zero-order chi connectivity index (χ0) is 19.6. The number of rotatable bonds is 1. The number of hydrogen-bond acceptors (Lipinski definition) is 4. The number of aliphatic hydroxyl groups excluding tert-OH is 1. The molecule has 0 saturated carbocycles. The second kappa shape index (κ2) is 5.93. The van der Waals surface area contributed by atoms with Gasteiger partial charge in [0.2, 0.25) is 0 Å². The van der Waals surface area contributed by atoms with Crippen molar-refractivity contribution < 1.29 is 27.8 Å². The van der Waals surface area contributed by atoms with Gasteiger partial charge in [0.25, 0.3) is 5.78 Å². The molecule has 0 unspecified atom stereocenters. The molecule has 1 fully saturated rings. The lowest BCUT2D eigenvalue weighted by Crippen LogP contribution is -2.43. The number of ether oxygens (including phenoxy) is 1. The first-order valence-electron chi connectivity index (χ1n) is 9.00. The van der Waals surface area contributed by atoms with E-state index in [4.69, 9.17) is 4.74 Å². The first kappa shape index (κ1) is 17.5. The number of carbonyl (C=O) groups excluding carboxylic acids is 1. The first-order valence-corrected chi connectivity index (χ1v) is 9.00. The maximum Gasteiger partial charge on any atom is 0.454 e. The van der Waals surface area contributed by atoms with Crippen LogP contribution in [0.5, 0.6) is 0 Å². The van der Waals surface area contributed by atoms with Crippen molar-refractivity contribution in [2.75, 3.05) is 11.9 Å². The van der Waals surface area contributed by atoms with Crippen LogP contribution in [-0.4, -0.2) is 36.0 Å². The largest absolute Gasteiger partial charge is 0.454 e. The summed E-state index contributed by atoms with van der Waals surface area (Å²) in [5, 5.41) is 15.9. The number of anilines is 1. The van der Waals surface area contributed by atoms with Gasteiger partial charge in [-0.25, -0.2) is 0 Å². The Morgan fingerprint density at radius 2 is 1.79 bits per heavy atom. The minimum absolute atomic E-state index is 0.0973. The average molecular weight is 387 g/mol. The average Bonchev–Trinajstić information content (AvgIpc) is 2.67. The predicted octanol–water partition coefficient (Wildman–Crippen LogP) is 4.35. The number of nitrogens with one attached hydrogen (secondary N) is 1. The van der Waals surface area contributed by atoms with Gasteiger partial charge >= 0.3 is 6.18 Å². The van der Waals surface area contributed by atoms with Crippen LogP contribution in [0.1, 0.15) is 28.3 Å². The molecule has 0 radical (unpaired) electrons. The van der Waals surface area contributed by atoms with Gasteiger partial charge in [0, 0.05) is 29.0 Å². The van der Waals surface area contributed by atoms with Gasteiger partial charge in [-0.3, -0.25) is 4.79 Å². The van der Waals surface area contributed by atoms with Crippen LogP contribution in [0.25, 0.3) is 21.5 Å². The van der Waals surface area contributed by atoms with Crippen LogP contribution in [0.15, 0.2) is 42.5 Å². The summed E-state index contributed by atoms with van der Waals surface area (Å²) in [4.78, 5) is 12.2. The molecular formula is C21H16F3NO3. The Morgan fingerprint density at radius 1 is 1.11 bits per heavy atom. The normalized spacial score (nSPS) is 24.1. The highest BCUT2D eigenvalue weighted by molar-refractivity contribution is 6.17. The van der Waals surface area contributed by atoms with E-state index in [-0.39, 0.29) is 29.7 Å². The van der Waals surface area contributed by atoms with Gasteiger partial charge in [-0.1, -0.05) is 24.3 Å². The molecule has 3 atom stereocenters. The highest BCUT2D eigenvalue weighted by Crippen LogP contribution is 2.46. The number of hydrogen-bond donors (Lipinski definition) is 2. The van der Waals surface area contributed by atoms with Crippen LogP contribution >= 0.6 is 0 Å². The SMILES string of the molecule is O=C(c1cc2c(c3cc4ccccc4cc13)N[C@@H]1C[C@H]2[C@@H](O)CO1)C(F)(F)F. The van der Waals surface area contributed by atoms with Crippen molar-refractivity contribution in [3.05, 3.63) is 53.6 Å². The Hall–Kier alpha value is -2.64. The number of alkyl halides is 3. The molecule has 0 amide bonds. The van der Waals surface area contributed by atoms with Crippen LogP contribution in [0, 0.1) is 0 Å². The van der Waals surface area contributed by atoms with Gasteiger partial charge < -0.3 is 15.2 Å². The smallest absolute Gasteiger partial charge is 0.390 e. The van der Waals surface area contributed by atoms with E-state index in [1.807, 2.05) is 12.1 Å². The summed E-state index contributed by atoms with van der Waals surface area (Å²) in [7, 11) is 0. The van der Waals surface area contributed by atoms with Crippen molar-refractivity contribution in [3.63, 3.8) is 0 Å². The van der Waals surface area contributed by atoms with Gasteiger partial charge in [0.05, 0.1) is 12.7 Å². The highest BCUT2D eigenvalue weighted by atomic mass is 19.4. The number of ketones is 1. The Morgan fingerprint density at radius 3 is 2.46 bits per heavy atom. The molecule has 2 N–H and O–H groups in total. The second-order valence-corrected chi connectivity index (χ2v) is 7.34. The molecule has 5 rings (SSSR count). The molecule has 7 heteroatoms. The monoisotopic (exact) mass is 387 g/mol. The Kier molecular flexibility index (Phi) is 3.70. The number of carbonyl (C=O) groups is 1. The molecule has 144 valence electrons. The van der Waals surface area contributed by atoms with E-state index in [9.17, 15) is 23.1 Å². The van der Waals surface area contributed by atoms with E-state index < -0.39 is 18.1 Å². The van der Waals surface area contributed by atoms with Gasteiger partial charge in [-0.15, -0.1) is 0 Å². The topological polar surface area (TPSA) is 58.6 Å². The minimum atomic E-state index is -4.98. The number of fused-ring (bicyclic) bond motifs is 7. The third-order valence-corrected chi connectivity index (χ3v) is 5.64. The molecule has 3 aromatic rings.